The highest BCUT2D eigenvalue weighted by atomic mass is 16.5. The molecule has 2 N–H and O–H groups in total. The molecule has 120 valence electrons. The second-order valence-electron chi connectivity index (χ2n) is 5.62. The Morgan fingerprint density at radius 2 is 1.86 bits per heavy atom. The van der Waals surface area contributed by atoms with Crippen LogP contribution < -0.4 is 15.6 Å². The second kappa shape index (κ2) is 8.41. The molecule has 0 aliphatic heterocycles. The summed E-state index contributed by atoms with van der Waals surface area (Å²) in [6.45, 7) is 2.56. The van der Waals surface area contributed by atoms with Gasteiger partial charge in [0.25, 0.3) is 5.91 Å². The summed E-state index contributed by atoms with van der Waals surface area (Å²) in [6.07, 6.45) is 6.03. The Labute approximate surface area is 131 Å². The third-order valence-corrected chi connectivity index (χ3v) is 3.87. The van der Waals surface area contributed by atoms with Gasteiger partial charge in [-0.25, -0.2) is 0 Å². The van der Waals surface area contributed by atoms with Gasteiger partial charge in [0.1, 0.15) is 5.75 Å². The van der Waals surface area contributed by atoms with Crippen LogP contribution in [0.3, 0.4) is 0 Å². The van der Waals surface area contributed by atoms with Crippen LogP contribution in [0, 0.1) is 5.92 Å². The van der Waals surface area contributed by atoms with Gasteiger partial charge in [-0.2, -0.15) is 0 Å². The average molecular weight is 304 g/mol. The van der Waals surface area contributed by atoms with Crippen molar-refractivity contribution in [2.24, 2.45) is 5.92 Å². The summed E-state index contributed by atoms with van der Waals surface area (Å²) in [6, 6.07) is 7.04. The van der Waals surface area contributed by atoms with Crippen LogP contribution in [0.15, 0.2) is 24.3 Å². The zero-order valence-corrected chi connectivity index (χ0v) is 13.1. The SMILES string of the molecule is CCCOc1ccccc1C(=O)NNC(=O)C1CCCCC1. The zero-order chi connectivity index (χ0) is 15.8. The molecule has 2 amide bonds. The lowest BCUT2D eigenvalue weighted by Gasteiger charge is -2.21. The average Bonchev–Trinajstić information content (AvgIpc) is 2.58. The summed E-state index contributed by atoms with van der Waals surface area (Å²) in [5.74, 6) is 0.102. The van der Waals surface area contributed by atoms with Crippen LogP contribution in [-0.2, 0) is 4.79 Å². The van der Waals surface area contributed by atoms with Gasteiger partial charge in [-0.05, 0) is 31.4 Å². The maximum Gasteiger partial charge on any atom is 0.273 e. The minimum absolute atomic E-state index is 0.0145. The minimum Gasteiger partial charge on any atom is -0.493 e. The van der Waals surface area contributed by atoms with Gasteiger partial charge >= 0.3 is 0 Å². The van der Waals surface area contributed by atoms with Gasteiger partial charge < -0.3 is 4.74 Å². The Balaban J connectivity index is 1.90. The van der Waals surface area contributed by atoms with Crippen LogP contribution in [0.4, 0.5) is 0 Å². The fraction of sp³-hybridized carbons (Fsp3) is 0.529. The maximum absolute atomic E-state index is 12.2. The molecule has 2 rings (SSSR count). The van der Waals surface area contributed by atoms with Crippen molar-refractivity contribution in [3.63, 3.8) is 0 Å². The summed E-state index contributed by atoms with van der Waals surface area (Å²) in [4.78, 5) is 24.2. The van der Waals surface area contributed by atoms with Crippen LogP contribution >= 0.6 is 0 Å². The molecule has 0 spiro atoms. The van der Waals surface area contributed by atoms with E-state index >= 15 is 0 Å². The van der Waals surface area contributed by atoms with Crippen LogP contribution in [0.1, 0.15) is 55.8 Å². The summed E-state index contributed by atoms with van der Waals surface area (Å²) >= 11 is 0. The first-order valence-electron chi connectivity index (χ1n) is 8.04. The molecule has 0 unspecified atom stereocenters. The number of hydrogen-bond acceptors (Lipinski definition) is 3. The molecular formula is C17H24N2O3. The van der Waals surface area contributed by atoms with Crippen molar-refractivity contribution in [1.29, 1.82) is 0 Å². The van der Waals surface area contributed by atoms with E-state index < -0.39 is 0 Å². The van der Waals surface area contributed by atoms with Gasteiger partial charge in [0.15, 0.2) is 0 Å². The number of nitrogens with one attached hydrogen (secondary N) is 2. The molecule has 0 saturated heterocycles. The Morgan fingerprint density at radius 3 is 2.59 bits per heavy atom. The third kappa shape index (κ3) is 4.48. The molecule has 22 heavy (non-hydrogen) atoms. The van der Waals surface area contributed by atoms with Gasteiger partial charge in [0.05, 0.1) is 12.2 Å². The molecule has 1 fully saturated rings. The topological polar surface area (TPSA) is 67.4 Å². The van der Waals surface area contributed by atoms with Gasteiger partial charge in [0, 0.05) is 5.92 Å². The summed E-state index contributed by atoms with van der Waals surface area (Å²) in [5.41, 5.74) is 5.46. The Hall–Kier alpha value is -2.04. The second-order valence-corrected chi connectivity index (χ2v) is 5.62. The van der Waals surface area contributed by atoms with Crippen LogP contribution in [0.2, 0.25) is 0 Å². The summed E-state index contributed by atoms with van der Waals surface area (Å²) < 4.78 is 5.56. The van der Waals surface area contributed by atoms with E-state index in [-0.39, 0.29) is 17.7 Å². The molecule has 0 atom stereocenters. The van der Waals surface area contributed by atoms with Crippen LogP contribution in [-0.4, -0.2) is 18.4 Å². The quantitative estimate of drug-likeness (QED) is 0.822. The fourth-order valence-electron chi connectivity index (χ4n) is 2.64. The van der Waals surface area contributed by atoms with E-state index in [1.165, 1.54) is 6.42 Å². The number of benzene rings is 1. The van der Waals surface area contributed by atoms with E-state index in [4.69, 9.17) is 4.74 Å². The van der Waals surface area contributed by atoms with E-state index in [9.17, 15) is 9.59 Å². The molecule has 5 heteroatoms. The van der Waals surface area contributed by atoms with Gasteiger partial charge in [-0.3, -0.25) is 20.4 Å². The van der Waals surface area contributed by atoms with E-state index in [2.05, 4.69) is 10.9 Å². The lowest BCUT2D eigenvalue weighted by molar-refractivity contribution is -0.126. The first-order valence-corrected chi connectivity index (χ1v) is 8.04. The molecule has 5 nitrogen and oxygen atoms in total. The smallest absolute Gasteiger partial charge is 0.273 e. The van der Waals surface area contributed by atoms with Crippen LogP contribution in [0.5, 0.6) is 5.75 Å². The highest BCUT2D eigenvalue weighted by Crippen LogP contribution is 2.23. The minimum atomic E-state index is -0.351. The van der Waals surface area contributed by atoms with Gasteiger partial charge in [-0.15, -0.1) is 0 Å². The molecular weight excluding hydrogens is 280 g/mol. The monoisotopic (exact) mass is 304 g/mol. The van der Waals surface area contributed by atoms with Crippen molar-refractivity contribution < 1.29 is 14.3 Å². The van der Waals surface area contributed by atoms with E-state index in [1.54, 1.807) is 18.2 Å². The number of amides is 2. The predicted molar refractivity (Wildman–Crippen MR) is 84.4 cm³/mol. The molecule has 0 aromatic heterocycles. The van der Waals surface area contributed by atoms with Gasteiger partial charge in [0.2, 0.25) is 5.91 Å². The van der Waals surface area contributed by atoms with Crippen molar-refractivity contribution in [1.82, 2.24) is 10.9 Å². The first kappa shape index (κ1) is 16.3. The molecule has 1 aromatic carbocycles. The van der Waals surface area contributed by atoms with Crippen molar-refractivity contribution >= 4 is 11.8 Å². The zero-order valence-electron chi connectivity index (χ0n) is 13.1. The van der Waals surface area contributed by atoms with E-state index in [1.807, 2.05) is 13.0 Å². The largest absolute Gasteiger partial charge is 0.493 e. The first-order chi connectivity index (χ1) is 10.7. The van der Waals surface area contributed by atoms with Crippen molar-refractivity contribution in [2.45, 2.75) is 45.4 Å². The third-order valence-electron chi connectivity index (χ3n) is 3.87. The number of carbonyl (C=O) groups excluding carboxylic acids is 2. The number of hydrazine groups is 1. The standard InChI is InChI=1S/C17H24N2O3/c1-2-12-22-15-11-7-6-10-14(15)17(21)19-18-16(20)13-8-4-3-5-9-13/h6-7,10-11,13H,2-5,8-9,12H2,1H3,(H,18,20)(H,19,21). The van der Waals surface area contributed by atoms with Crippen LogP contribution in [0.25, 0.3) is 0 Å². The number of ether oxygens (including phenoxy) is 1. The molecule has 1 aliphatic rings. The number of carbonyl (C=O) groups is 2. The molecule has 1 aromatic rings. The molecule has 0 bridgehead atoms. The van der Waals surface area contributed by atoms with E-state index in [0.29, 0.717) is 17.9 Å². The summed E-state index contributed by atoms with van der Waals surface area (Å²) in [7, 11) is 0. The molecule has 0 radical (unpaired) electrons. The molecule has 1 aliphatic carbocycles. The summed E-state index contributed by atoms with van der Waals surface area (Å²) in [5, 5.41) is 0. The Morgan fingerprint density at radius 1 is 1.14 bits per heavy atom. The van der Waals surface area contributed by atoms with E-state index in [0.717, 1.165) is 32.1 Å². The molecule has 1 saturated carbocycles. The highest BCUT2D eigenvalue weighted by molar-refractivity contribution is 5.98. The predicted octanol–water partition coefficient (Wildman–Crippen LogP) is 2.82. The van der Waals surface area contributed by atoms with Crippen molar-refractivity contribution in [2.75, 3.05) is 6.61 Å². The Kier molecular flexibility index (Phi) is 6.25. The lowest BCUT2D eigenvalue weighted by atomic mass is 9.89. The maximum atomic E-state index is 12.2. The molecule has 0 heterocycles. The number of para-hydroxylation sites is 1. The Bertz CT molecular complexity index is 510. The van der Waals surface area contributed by atoms with Crippen molar-refractivity contribution in [3.8, 4) is 5.75 Å². The normalized spacial score (nSPS) is 15.1. The highest BCUT2D eigenvalue weighted by Gasteiger charge is 2.21. The van der Waals surface area contributed by atoms with Crippen molar-refractivity contribution in [3.05, 3.63) is 29.8 Å². The fourth-order valence-corrected chi connectivity index (χ4v) is 2.64. The number of hydrogen-bond donors (Lipinski definition) is 2. The number of rotatable bonds is 5. The lowest BCUT2D eigenvalue weighted by Crippen LogP contribution is -2.45. The van der Waals surface area contributed by atoms with Gasteiger partial charge in [-0.1, -0.05) is 38.3 Å².